The van der Waals surface area contributed by atoms with E-state index in [0.717, 1.165) is 22.3 Å². The number of imidazole rings is 1. The van der Waals surface area contributed by atoms with Crippen molar-refractivity contribution in [3.8, 4) is 5.75 Å². The van der Waals surface area contributed by atoms with Gasteiger partial charge < -0.3 is 9.64 Å². The van der Waals surface area contributed by atoms with Gasteiger partial charge in [-0.15, -0.1) is 0 Å². The zero-order chi connectivity index (χ0) is 19.4. The fraction of sp³-hybridized carbons (Fsp3) is 0.333. The normalized spacial score (nSPS) is 10.9. The summed E-state index contributed by atoms with van der Waals surface area (Å²) in [5, 5.41) is 0. The van der Waals surface area contributed by atoms with Crippen LogP contribution in [0.1, 0.15) is 18.9 Å². The number of ether oxygens (including phenoxy) is 1. The van der Waals surface area contributed by atoms with Crippen molar-refractivity contribution in [1.82, 2.24) is 14.0 Å². The highest BCUT2D eigenvalue weighted by atomic mass is 16.5. The maximum absolute atomic E-state index is 12.7. The first-order chi connectivity index (χ1) is 13.1. The summed E-state index contributed by atoms with van der Waals surface area (Å²) in [5.41, 5.74) is 2.65. The highest BCUT2D eigenvalue weighted by molar-refractivity contribution is 5.78. The van der Waals surface area contributed by atoms with E-state index >= 15 is 0 Å². The van der Waals surface area contributed by atoms with Crippen LogP contribution >= 0.6 is 0 Å². The summed E-state index contributed by atoms with van der Waals surface area (Å²) < 4.78 is 8.77. The van der Waals surface area contributed by atoms with E-state index in [9.17, 15) is 9.59 Å². The highest BCUT2D eigenvalue weighted by Gasteiger charge is 2.15. The first-order valence-corrected chi connectivity index (χ1v) is 9.10. The lowest BCUT2D eigenvalue weighted by molar-refractivity contribution is -0.130. The van der Waals surface area contributed by atoms with Crippen LogP contribution in [0.3, 0.4) is 0 Å². The Bertz CT molecular complexity index is 1000. The molecule has 1 aromatic heterocycles. The molecule has 0 radical (unpaired) electrons. The molecule has 0 saturated heterocycles. The third-order valence-electron chi connectivity index (χ3n) is 4.82. The summed E-state index contributed by atoms with van der Waals surface area (Å²) in [4.78, 5) is 26.9. The fourth-order valence-electron chi connectivity index (χ4n) is 3.37. The van der Waals surface area contributed by atoms with Gasteiger partial charge in [0.2, 0.25) is 5.91 Å². The number of para-hydroxylation sites is 3. The molecule has 0 saturated carbocycles. The van der Waals surface area contributed by atoms with Gasteiger partial charge >= 0.3 is 5.69 Å². The predicted molar refractivity (Wildman–Crippen MR) is 106 cm³/mol. The molecule has 1 amide bonds. The quantitative estimate of drug-likeness (QED) is 0.645. The van der Waals surface area contributed by atoms with Crippen LogP contribution in [0.4, 0.5) is 0 Å². The van der Waals surface area contributed by atoms with Gasteiger partial charge in [0, 0.05) is 38.7 Å². The number of benzene rings is 2. The van der Waals surface area contributed by atoms with Crippen molar-refractivity contribution in [3.05, 3.63) is 64.6 Å². The van der Waals surface area contributed by atoms with Crippen LogP contribution in [0.15, 0.2) is 53.3 Å². The Morgan fingerprint density at radius 3 is 2.33 bits per heavy atom. The van der Waals surface area contributed by atoms with Gasteiger partial charge in [-0.25, -0.2) is 4.79 Å². The monoisotopic (exact) mass is 367 g/mol. The second kappa shape index (κ2) is 8.12. The minimum Gasteiger partial charge on any atom is -0.496 e. The van der Waals surface area contributed by atoms with E-state index in [4.69, 9.17) is 4.74 Å². The minimum absolute atomic E-state index is 0.0128. The number of carbonyl (C=O) groups is 1. The third-order valence-corrected chi connectivity index (χ3v) is 4.82. The largest absolute Gasteiger partial charge is 0.496 e. The van der Waals surface area contributed by atoms with Crippen molar-refractivity contribution in [2.75, 3.05) is 14.2 Å². The number of aryl methyl sites for hydroxylation is 2. The first-order valence-electron chi connectivity index (χ1n) is 9.10. The molecular weight excluding hydrogens is 342 g/mol. The second-order valence-electron chi connectivity index (χ2n) is 6.48. The molecule has 0 N–H and O–H groups in total. The molecule has 3 rings (SSSR count). The molecule has 0 bridgehead atoms. The Hall–Kier alpha value is -3.02. The topological polar surface area (TPSA) is 56.5 Å². The average molecular weight is 367 g/mol. The van der Waals surface area contributed by atoms with E-state index in [1.165, 1.54) is 0 Å². The number of hydrogen-bond donors (Lipinski definition) is 0. The van der Waals surface area contributed by atoms with Gasteiger partial charge in [-0.3, -0.25) is 13.9 Å². The third kappa shape index (κ3) is 3.74. The van der Waals surface area contributed by atoms with Crippen molar-refractivity contribution in [2.45, 2.75) is 33.0 Å². The van der Waals surface area contributed by atoms with Crippen LogP contribution < -0.4 is 10.4 Å². The van der Waals surface area contributed by atoms with E-state index in [1.807, 2.05) is 55.5 Å². The lowest BCUT2D eigenvalue weighted by Gasteiger charge is -2.19. The summed E-state index contributed by atoms with van der Waals surface area (Å²) in [5.74, 6) is 0.750. The van der Waals surface area contributed by atoms with E-state index in [0.29, 0.717) is 19.6 Å². The van der Waals surface area contributed by atoms with E-state index < -0.39 is 0 Å². The number of aromatic nitrogens is 2. The standard InChI is InChI=1S/C21H25N3O3/c1-4-23-17-10-6-7-11-18(17)24(21(23)26)14-13-20(25)22(2)15-16-9-5-8-12-19(16)27-3/h5-12H,4,13-15H2,1-3H3. The summed E-state index contributed by atoms with van der Waals surface area (Å²) in [6.45, 7) is 3.38. The lowest BCUT2D eigenvalue weighted by Crippen LogP contribution is -2.30. The zero-order valence-electron chi connectivity index (χ0n) is 16.0. The molecule has 2 aromatic carbocycles. The van der Waals surface area contributed by atoms with E-state index in [-0.39, 0.29) is 18.0 Å². The molecule has 0 unspecified atom stereocenters. The van der Waals surface area contributed by atoms with Crippen LogP contribution in [-0.2, 0) is 24.4 Å². The number of rotatable bonds is 7. The molecular formula is C21H25N3O3. The van der Waals surface area contributed by atoms with Crippen LogP contribution in [0.2, 0.25) is 0 Å². The fourth-order valence-corrected chi connectivity index (χ4v) is 3.37. The molecule has 1 heterocycles. The summed E-state index contributed by atoms with van der Waals surface area (Å²) in [7, 11) is 3.39. The highest BCUT2D eigenvalue weighted by Crippen LogP contribution is 2.19. The van der Waals surface area contributed by atoms with Gasteiger partial charge in [0.05, 0.1) is 18.1 Å². The molecule has 3 aromatic rings. The number of fused-ring (bicyclic) bond motifs is 1. The van der Waals surface area contributed by atoms with Gasteiger partial charge in [-0.05, 0) is 25.1 Å². The van der Waals surface area contributed by atoms with Crippen LogP contribution in [0, 0.1) is 0 Å². The summed E-state index contributed by atoms with van der Waals surface area (Å²) >= 11 is 0. The second-order valence-corrected chi connectivity index (χ2v) is 6.48. The molecule has 0 spiro atoms. The van der Waals surface area contributed by atoms with Gasteiger partial charge in [0.1, 0.15) is 5.75 Å². The minimum atomic E-state index is -0.0705. The average Bonchev–Trinajstić information content (AvgIpc) is 2.97. The van der Waals surface area contributed by atoms with Crippen molar-refractivity contribution < 1.29 is 9.53 Å². The SMILES string of the molecule is CCn1c(=O)n(CCC(=O)N(C)Cc2ccccc2OC)c2ccccc21. The Balaban J connectivity index is 1.73. The van der Waals surface area contributed by atoms with Crippen molar-refractivity contribution >= 4 is 16.9 Å². The van der Waals surface area contributed by atoms with Gasteiger partial charge in [-0.1, -0.05) is 30.3 Å². The molecule has 6 nitrogen and oxygen atoms in total. The molecule has 142 valence electrons. The molecule has 0 aliphatic heterocycles. The summed E-state index contributed by atoms with van der Waals surface area (Å²) in [6, 6.07) is 15.3. The zero-order valence-corrected chi connectivity index (χ0v) is 16.0. The molecule has 27 heavy (non-hydrogen) atoms. The smallest absolute Gasteiger partial charge is 0.329 e. The lowest BCUT2D eigenvalue weighted by atomic mass is 10.2. The number of methoxy groups -OCH3 is 1. The first kappa shape index (κ1) is 18.8. The van der Waals surface area contributed by atoms with Crippen molar-refractivity contribution in [1.29, 1.82) is 0 Å². The Kier molecular flexibility index (Phi) is 5.64. The van der Waals surface area contributed by atoms with Crippen molar-refractivity contribution in [3.63, 3.8) is 0 Å². The predicted octanol–water partition coefficient (Wildman–Crippen LogP) is 2.88. The molecule has 6 heteroatoms. The number of carbonyl (C=O) groups excluding carboxylic acids is 1. The van der Waals surface area contributed by atoms with Crippen LogP contribution in [0.25, 0.3) is 11.0 Å². The Morgan fingerprint density at radius 1 is 1.04 bits per heavy atom. The Morgan fingerprint density at radius 2 is 1.67 bits per heavy atom. The molecule has 0 aliphatic rings. The summed E-state index contributed by atoms with van der Waals surface area (Å²) in [6.07, 6.45) is 0.267. The van der Waals surface area contributed by atoms with Crippen molar-refractivity contribution in [2.24, 2.45) is 0 Å². The van der Waals surface area contributed by atoms with Crippen LogP contribution in [0.5, 0.6) is 5.75 Å². The number of amides is 1. The molecule has 0 atom stereocenters. The van der Waals surface area contributed by atoms with Crippen LogP contribution in [-0.4, -0.2) is 34.1 Å². The maximum Gasteiger partial charge on any atom is 0.329 e. The van der Waals surface area contributed by atoms with Gasteiger partial charge in [-0.2, -0.15) is 0 Å². The Labute approximate surface area is 158 Å². The van der Waals surface area contributed by atoms with E-state index in [2.05, 4.69) is 0 Å². The molecule has 0 aliphatic carbocycles. The van der Waals surface area contributed by atoms with Gasteiger partial charge in [0.15, 0.2) is 0 Å². The van der Waals surface area contributed by atoms with Gasteiger partial charge in [0.25, 0.3) is 0 Å². The number of nitrogens with zero attached hydrogens (tertiary/aromatic N) is 3. The van der Waals surface area contributed by atoms with E-state index in [1.54, 1.807) is 28.2 Å². The number of hydrogen-bond acceptors (Lipinski definition) is 3. The molecule has 0 fully saturated rings. The maximum atomic E-state index is 12.7.